The van der Waals surface area contributed by atoms with Crippen LogP contribution < -0.4 is 0 Å². The number of rotatable bonds is 6. The average Bonchev–Trinajstić information content (AvgIpc) is 2.06. The zero-order valence-electron chi connectivity index (χ0n) is 10.9. The Morgan fingerprint density at radius 1 is 0.905 bits per heavy atom. The van der Waals surface area contributed by atoms with E-state index in [1.165, 1.54) is 0 Å². The molecule has 5 atom stereocenters. The Kier molecular flexibility index (Phi) is 6.35. The van der Waals surface area contributed by atoms with Crippen LogP contribution in [0.1, 0.15) is 26.2 Å². The average molecular weight is 370 g/mol. The van der Waals surface area contributed by atoms with Crippen molar-refractivity contribution in [1.29, 1.82) is 0 Å². The van der Waals surface area contributed by atoms with E-state index >= 15 is 0 Å². The van der Waals surface area contributed by atoms with Crippen LogP contribution in [-0.2, 0) is 26.8 Å². The fourth-order valence-corrected chi connectivity index (χ4v) is 5.29. The monoisotopic (exact) mass is 370 g/mol. The Labute approximate surface area is 120 Å². The summed E-state index contributed by atoms with van der Waals surface area (Å²) in [5.41, 5.74) is 0. The van der Waals surface area contributed by atoms with E-state index in [4.69, 9.17) is 14.7 Å². The molecule has 1 saturated carbocycles. The number of phosphoric acid groups is 3. The normalized spacial score (nSPS) is 33.1. The van der Waals surface area contributed by atoms with E-state index < -0.39 is 35.7 Å². The summed E-state index contributed by atoms with van der Waals surface area (Å²) < 4.78 is 45.0. The molecule has 0 aromatic rings. The molecule has 0 amide bonds. The summed E-state index contributed by atoms with van der Waals surface area (Å²) in [5.74, 6) is -0.00830. The van der Waals surface area contributed by atoms with Crippen molar-refractivity contribution in [3.63, 3.8) is 0 Å². The predicted molar refractivity (Wildman–Crippen MR) is 67.8 cm³/mol. The molecular formula is C7H17O11P3. The van der Waals surface area contributed by atoms with Crippen molar-refractivity contribution in [3.05, 3.63) is 0 Å². The van der Waals surface area contributed by atoms with Crippen LogP contribution in [0.4, 0.5) is 0 Å². The number of hydrogen-bond donors (Lipinski definition) is 5. The second-order valence-corrected chi connectivity index (χ2v) is 9.16. The molecule has 1 aliphatic rings. The van der Waals surface area contributed by atoms with Gasteiger partial charge in [0.25, 0.3) is 0 Å². The summed E-state index contributed by atoms with van der Waals surface area (Å²) in [5, 5.41) is 9.51. The van der Waals surface area contributed by atoms with Gasteiger partial charge in [0.1, 0.15) is 0 Å². The Morgan fingerprint density at radius 3 is 1.95 bits per heavy atom. The van der Waals surface area contributed by atoms with E-state index in [1.807, 2.05) is 0 Å². The zero-order chi connectivity index (χ0) is 16.5. The molecule has 14 heteroatoms. The standard InChI is InChI=1S/C7H17O11P3/c1-5-2-6(8)4-7(3-5)16-20(12,13)18-21(14,15)17-19(9,10)11/h5-8H,2-4H2,1H3,(H,12,13)(H,14,15)(H2,9,10,11). The molecular weight excluding hydrogens is 353 g/mol. The molecule has 126 valence electrons. The molecule has 0 aliphatic heterocycles. The second-order valence-electron chi connectivity index (χ2n) is 4.78. The van der Waals surface area contributed by atoms with Gasteiger partial charge in [-0.3, -0.25) is 4.52 Å². The summed E-state index contributed by atoms with van der Waals surface area (Å²) in [6.45, 7) is 1.77. The predicted octanol–water partition coefficient (Wildman–Crippen LogP) is 0.879. The number of hydrogen-bond acceptors (Lipinski definition) is 7. The van der Waals surface area contributed by atoms with Gasteiger partial charge < -0.3 is 24.7 Å². The highest BCUT2D eigenvalue weighted by atomic mass is 31.3. The van der Waals surface area contributed by atoms with E-state index in [1.54, 1.807) is 6.92 Å². The van der Waals surface area contributed by atoms with Crippen molar-refractivity contribution < 1.29 is 51.5 Å². The maximum Gasteiger partial charge on any atom is 0.490 e. The summed E-state index contributed by atoms with van der Waals surface area (Å²) in [6, 6.07) is 0. The van der Waals surface area contributed by atoms with Crippen LogP contribution in [0.5, 0.6) is 0 Å². The third-order valence-corrected chi connectivity index (χ3v) is 6.46. The Bertz CT molecular complexity index is 490. The molecule has 1 fully saturated rings. The molecule has 0 aromatic heterocycles. The van der Waals surface area contributed by atoms with Gasteiger partial charge in [0.05, 0.1) is 12.2 Å². The molecule has 1 aliphatic carbocycles. The SMILES string of the molecule is CC1CC(O)CC(OP(=O)(O)OP(=O)(O)OP(=O)(O)O)C1. The lowest BCUT2D eigenvalue weighted by molar-refractivity contribution is 0.0170. The number of aliphatic hydroxyl groups excluding tert-OH is 1. The van der Waals surface area contributed by atoms with Crippen LogP contribution in [0.3, 0.4) is 0 Å². The highest BCUT2D eigenvalue weighted by Crippen LogP contribution is 2.66. The minimum absolute atomic E-state index is 0.00830. The van der Waals surface area contributed by atoms with Gasteiger partial charge in [-0.2, -0.15) is 8.62 Å². The fourth-order valence-electron chi connectivity index (χ4n) is 2.08. The van der Waals surface area contributed by atoms with Gasteiger partial charge in [0, 0.05) is 6.42 Å². The van der Waals surface area contributed by atoms with Gasteiger partial charge >= 0.3 is 23.5 Å². The van der Waals surface area contributed by atoms with Crippen LogP contribution in [0.2, 0.25) is 0 Å². The summed E-state index contributed by atoms with van der Waals surface area (Å²) in [6.07, 6.45) is -0.857. The van der Waals surface area contributed by atoms with E-state index in [-0.39, 0.29) is 12.3 Å². The van der Waals surface area contributed by atoms with E-state index in [9.17, 15) is 23.7 Å². The van der Waals surface area contributed by atoms with Crippen molar-refractivity contribution in [2.45, 2.75) is 38.4 Å². The zero-order valence-corrected chi connectivity index (χ0v) is 13.6. The van der Waals surface area contributed by atoms with Crippen molar-refractivity contribution >= 4 is 23.5 Å². The van der Waals surface area contributed by atoms with Gasteiger partial charge in [-0.05, 0) is 18.8 Å². The van der Waals surface area contributed by atoms with Crippen molar-refractivity contribution in [2.75, 3.05) is 0 Å². The molecule has 0 radical (unpaired) electrons. The van der Waals surface area contributed by atoms with Crippen molar-refractivity contribution in [1.82, 2.24) is 0 Å². The van der Waals surface area contributed by atoms with E-state index in [0.29, 0.717) is 12.8 Å². The molecule has 11 nitrogen and oxygen atoms in total. The van der Waals surface area contributed by atoms with E-state index in [0.717, 1.165) is 0 Å². The maximum absolute atomic E-state index is 11.6. The topological polar surface area (TPSA) is 180 Å². The molecule has 21 heavy (non-hydrogen) atoms. The minimum Gasteiger partial charge on any atom is -0.393 e. The first-order valence-corrected chi connectivity index (χ1v) is 10.3. The third-order valence-electron chi connectivity index (χ3n) is 2.57. The number of phosphoric ester groups is 1. The first-order chi connectivity index (χ1) is 9.28. The van der Waals surface area contributed by atoms with Gasteiger partial charge in [0.2, 0.25) is 0 Å². The molecule has 0 saturated heterocycles. The summed E-state index contributed by atoms with van der Waals surface area (Å²) >= 11 is 0. The molecule has 0 bridgehead atoms. The Hall–Kier alpha value is 0.370. The van der Waals surface area contributed by atoms with Crippen molar-refractivity contribution in [2.24, 2.45) is 5.92 Å². The van der Waals surface area contributed by atoms with Crippen LogP contribution in [0, 0.1) is 5.92 Å². The highest BCUT2D eigenvalue weighted by Gasteiger charge is 2.42. The molecule has 5 unspecified atom stereocenters. The smallest absolute Gasteiger partial charge is 0.393 e. The van der Waals surface area contributed by atoms with Gasteiger partial charge in [0.15, 0.2) is 0 Å². The maximum atomic E-state index is 11.6. The molecule has 0 aromatic carbocycles. The highest BCUT2D eigenvalue weighted by molar-refractivity contribution is 7.66. The summed E-state index contributed by atoms with van der Waals surface area (Å²) in [4.78, 5) is 35.1. The lowest BCUT2D eigenvalue weighted by atomic mass is 9.87. The van der Waals surface area contributed by atoms with Crippen molar-refractivity contribution in [3.8, 4) is 0 Å². The number of aliphatic hydroxyl groups is 1. The largest absolute Gasteiger partial charge is 0.490 e. The van der Waals surface area contributed by atoms with E-state index in [2.05, 4.69) is 13.1 Å². The van der Waals surface area contributed by atoms with Crippen LogP contribution in [-0.4, -0.2) is 36.9 Å². The summed E-state index contributed by atoms with van der Waals surface area (Å²) in [7, 11) is -16.0. The van der Waals surface area contributed by atoms with Gasteiger partial charge in [-0.25, -0.2) is 13.7 Å². The third kappa shape index (κ3) is 7.97. The Balaban J connectivity index is 2.67. The first kappa shape index (κ1) is 19.4. The molecule has 5 N–H and O–H groups in total. The Morgan fingerprint density at radius 2 is 1.48 bits per heavy atom. The lowest BCUT2D eigenvalue weighted by Gasteiger charge is -2.31. The van der Waals surface area contributed by atoms with Crippen LogP contribution in [0.25, 0.3) is 0 Å². The lowest BCUT2D eigenvalue weighted by Crippen LogP contribution is -2.30. The van der Waals surface area contributed by atoms with Gasteiger partial charge in [-0.1, -0.05) is 6.92 Å². The van der Waals surface area contributed by atoms with Gasteiger partial charge in [-0.15, -0.1) is 0 Å². The quantitative estimate of drug-likeness (QED) is 0.419. The van der Waals surface area contributed by atoms with Crippen LogP contribution in [0.15, 0.2) is 0 Å². The fraction of sp³-hybridized carbons (Fsp3) is 1.00. The molecule has 0 spiro atoms. The first-order valence-electron chi connectivity index (χ1n) is 5.78. The van der Waals surface area contributed by atoms with Crippen LogP contribution >= 0.6 is 23.5 Å². The molecule has 1 rings (SSSR count). The second kappa shape index (κ2) is 6.86. The minimum atomic E-state index is -5.50. The molecule has 0 heterocycles.